The van der Waals surface area contributed by atoms with Gasteiger partial charge in [-0.3, -0.25) is 25.1 Å². The molecule has 2 heterocycles. The average Bonchev–Trinajstić information content (AvgIpc) is 3.53. The van der Waals surface area contributed by atoms with Crippen molar-refractivity contribution in [3.05, 3.63) is 77.3 Å². The Morgan fingerprint density at radius 1 is 1.12 bits per heavy atom. The SMILES string of the molecule is CC(C)(C)CCNC(=N)N(C(=O)c1ccc(-c2cnn(C(F)F)c2)cc1)[C@H](COC(=O)N(CC(F)F)C1CC1)c1ccc(Cl)c(-c2ncn[nH]2)c1. The van der Waals surface area contributed by atoms with Gasteiger partial charge in [0.05, 0.1) is 23.8 Å². The van der Waals surface area contributed by atoms with Crippen molar-refractivity contribution >= 4 is 29.6 Å². The number of carbonyl (C=O) groups excluding carboxylic acids is 2. The molecule has 0 spiro atoms. The van der Waals surface area contributed by atoms with Crippen LogP contribution in [0.15, 0.2) is 61.2 Å². The lowest BCUT2D eigenvalue weighted by Crippen LogP contribution is -2.49. The highest BCUT2D eigenvalue weighted by Crippen LogP contribution is 2.33. The van der Waals surface area contributed by atoms with Crippen LogP contribution < -0.4 is 5.32 Å². The van der Waals surface area contributed by atoms with Crippen LogP contribution in [0.1, 0.15) is 68.5 Å². The van der Waals surface area contributed by atoms with E-state index in [1.54, 1.807) is 30.3 Å². The third-order valence-electron chi connectivity index (χ3n) is 8.17. The highest BCUT2D eigenvalue weighted by atomic mass is 35.5. The van der Waals surface area contributed by atoms with Gasteiger partial charge >= 0.3 is 12.6 Å². The van der Waals surface area contributed by atoms with Crippen LogP contribution in [0.4, 0.5) is 22.4 Å². The summed E-state index contributed by atoms with van der Waals surface area (Å²) >= 11 is 6.51. The first-order chi connectivity index (χ1) is 24.2. The van der Waals surface area contributed by atoms with Gasteiger partial charge in [-0.05, 0) is 60.1 Å². The molecule has 272 valence electrons. The Kier molecular flexibility index (Phi) is 11.6. The van der Waals surface area contributed by atoms with E-state index in [1.807, 2.05) is 20.8 Å². The number of nitrogens with one attached hydrogen (secondary N) is 3. The van der Waals surface area contributed by atoms with E-state index in [1.165, 1.54) is 30.9 Å². The Bertz CT molecular complexity index is 1810. The molecule has 2 aromatic carbocycles. The van der Waals surface area contributed by atoms with E-state index < -0.39 is 44.2 Å². The lowest BCUT2D eigenvalue weighted by molar-refractivity contribution is 0.0441. The maximum absolute atomic E-state index is 14.4. The summed E-state index contributed by atoms with van der Waals surface area (Å²) in [5.74, 6) is -0.659. The molecule has 2 aromatic heterocycles. The second-order valence-electron chi connectivity index (χ2n) is 13.3. The van der Waals surface area contributed by atoms with Crippen LogP contribution in [-0.2, 0) is 4.74 Å². The zero-order chi connectivity index (χ0) is 36.9. The standard InChI is InChI=1S/C34H38ClF4N9O3/c1-34(2,3)12-13-41-32(40)48(30(49)21-6-4-20(5-7-21)23-15-44-47(16-23)31(38)39)27(18-51-33(50)46(17-28(36)37)24-9-10-24)22-8-11-26(35)25(14-22)29-42-19-43-45-29/h4-8,11,14-16,19,24,27-28,31H,9-10,12-13,17-18H2,1-3H3,(H2,40,41)(H,42,43,45)/t27-/m1/s1. The normalized spacial score (nSPS) is 13.7. The van der Waals surface area contributed by atoms with E-state index in [4.69, 9.17) is 21.7 Å². The van der Waals surface area contributed by atoms with Gasteiger partial charge in [-0.15, -0.1) is 0 Å². The molecule has 5 rings (SSSR count). The molecule has 1 aliphatic carbocycles. The molecule has 1 aliphatic rings. The van der Waals surface area contributed by atoms with Gasteiger partial charge in [0.25, 0.3) is 12.3 Å². The quantitative estimate of drug-likeness (QED) is 0.0739. The van der Waals surface area contributed by atoms with Crippen LogP contribution in [0.5, 0.6) is 0 Å². The Hall–Kier alpha value is -4.99. The minimum atomic E-state index is -2.82. The summed E-state index contributed by atoms with van der Waals surface area (Å²) in [6.45, 7) is 2.27. The highest BCUT2D eigenvalue weighted by Gasteiger charge is 2.37. The molecule has 0 unspecified atom stereocenters. The van der Waals surface area contributed by atoms with E-state index in [-0.39, 0.29) is 23.0 Å². The number of nitrogens with zero attached hydrogens (tertiary/aromatic N) is 6. The maximum Gasteiger partial charge on any atom is 0.410 e. The second-order valence-corrected chi connectivity index (χ2v) is 13.7. The van der Waals surface area contributed by atoms with E-state index in [2.05, 4.69) is 25.6 Å². The number of guanidine groups is 1. The number of aromatic nitrogens is 5. The largest absolute Gasteiger partial charge is 0.447 e. The van der Waals surface area contributed by atoms with Crippen molar-refractivity contribution in [1.29, 1.82) is 5.41 Å². The van der Waals surface area contributed by atoms with Crippen LogP contribution in [0.25, 0.3) is 22.5 Å². The molecule has 12 nitrogen and oxygen atoms in total. The van der Waals surface area contributed by atoms with Crippen molar-refractivity contribution < 1.29 is 31.9 Å². The molecule has 1 saturated carbocycles. The minimum absolute atomic E-state index is 0.107. The molecule has 0 saturated heterocycles. The summed E-state index contributed by atoms with van der Waals surface area (Å²) in [4.78, 5) is 34.0. The fraction of sp³-hybridized carbons (Fsp3) is 0.412. The number of rotatable bonds is 13. The molecule has 2 amide bonds. The molecule has 0 bridgehead atoms. The van der Waals surface area contributed by atoms with Gasteiger partial charge in [0, 0.05) is 35.5 Å². The number of aromatic amines is 1. The fourth-order valence-electron chi connectivity index (χ4n) is 5.31. The molecule has 0 aliphatic heterocycles. The highest BCUT2D eigenvalue weighted by molar-refractivity contribution is 6.33. The number of benzene rings is 2. The topological polar surface area (TPSA) is 145 Å². The monoisotopic (exact) mass is 731 g/mol. The van der Waals surface area contributed by atoms with Gasteiger partial charge in [0.2, 0.25) is 0 Å². The predicted octanol–water partition coefficient (Wildman–Crippen LogP) is 7.39. The fourth-order valence-corrected chi connectivity index (χ4v) is 5.51. The number of carbonyl (C=O) groups is 2. The number of ether oxygens (including phenoxy) is 1. The van der Waals surface area contributed by atoms with Gasteiger partial charge in [-0.1, -0.05) is 50.6 Å². The summed E-state index contributed by atoms with van der Waals surface area (Å²) in [5.41, 5.74) is 1.73. The smallest absolute Gasteiger partial charge is 0.410 e. The van der Waals surface area contributed by atoms with E-state index in [9.17, 15) is 27.2 Å². The molecule has 17 heteroatoms. The zero-order valence-corrected chi connectivity index (χ0v) is 28.9. The average molecular weight is 732 g/mol. The first-order valence-electron chi connectivity index (χ1n) is 16.2. The summed E-state index contributed by atoms with van der Waals surface area (Å²) in [7, 11) is 0. The van der Waals surface area contributed by atoms with Crippen LogP contribution in [-0.4, -0.2) is 84.9 Å². The molecule has 0 radical (unpaired) electrons. The number of alkyl halides is 4. The summed E-state index contributed by atoms with van der Waals surface area (Å²) < 4.78 is 59.2. The van der Waals surface area contributed by atoms with Gasteiger partial charge < -0.3 is 10.1 Å². The summed E-state index contributed by atoms with van der Waals surface area (Å²) in [5, 5.41) is 22.7. The summed E-state index contributed by atoms with van der Waals surface area (Å²) in [6, 6.07) is 9.33. The van der Waals surface area contributed by atoms with Crippen LogP contribution >= 0.6 is 11.6 Å². The molecule has 1 fully saturated rings. The molecule has 1 atom stereocenters. The maximum atomic E-state index is 14.4. The van der Waals surface area contributed by atoms with Crippen molar-refractivity contribution in [1.82, 2.24) is 40.1 Å². The van der Waals surface area contributed by atoms with Crippen molar-refractivity contribution in [2.45, 2.75) is 65.1 Å². The van der Waals surface area contributed by atoms with E-state index in [0.717, 1.165) is 9.80 Å². The number of hydrogen-bond donors (Lipinski definition) is 3. The van der Waals surface area contributed by atoms with Crippen LogP contribution in [0.2, 0.25) is 5.02 Å². The molecular formula is C34H38ClF4N9O3. The van der Waals surface area contributed by atoms with Crippen molar-refractivity contribution in [3.8, 4) is 22.5 Å². The van der Waals surface area contributed by atoms with Gasteiger partial charge in [-0.25, -0.2) is 23.2 Å². The number of hydrogen-bond acceptors (Lipinski definition) is 7. The predicted molar refractivity (Wildman–Crippen MR) is 182 cm³/mol. The number of amides is 2. The molecule has 3 N–H and O–H groups in total. The lowest BCUT2D eigenvalue weighted by Gasteiger charge is -2.33. The lowest BCUT2D eigenvalue weighted by atomic mass is 9.92. The third kappa shape index (κ3) is 9.62. The third-order valence-corrected chi connectivity index (χ3v) is 8.50. The van der Waals surface area contributed by atoms with Gasteiger partial charge in [0.1, 0.15) is 12.9 Å². The van der Waals surface area contributed by atoms with E-state index in [0.29, 0.717) is 63.6 Å². The molecular weight excluding hydrogens is 694 g/mol. The van der Waals surface area contributed by atoms with E-state index >= 15 is 0 Å². The van der Waals surface area contributed by atoms with Crippen molar-refractivity contribution in [2.75, 3.05) is 19.7 Å². The second kappa shape index (κ2) is 15.9. The minimum Gasteiger partial charge on any atom is -0.447 e. The van der Waals surface area contributed by atoms with Gasteiger partial charge in [0.15, 0.2) is 11.8 Å². The zero-order valence-electron chi connectivity index (χ0n) is 28.1. The Balaban J connectivity index is 1.53. The summed E-state index contributed by atoms with van der Waals surface area (Å²) in [6.07, 6.45) is 1.77. The number of halogens is 5. The van der Waals surface area contributed by atoms with Crippen molar-refractivity contribution in [2.24, 2.45) is 5.41 Å². The number of H-pyrrole nitrogens is 1. The Morgan fingerprint density at radius 2 is 1.84 bits per heavy atom. The Morgan fingerprint density at radius 3 is 2.43 bits per heavy atom. The molecule has 51 heavy (non-hydrogen) atoms. The van der Waals surface area contributed by atoms with Crippen molar-refractivity contribution in [3.63, 3.8) is 0 Å². The first-order valence-corrected chi connectivity index (χ1v) is 16.5. The van der Waals surface area contributed by atoms with Crippen LogP contribution in [0, 0.1) is 10.8 Å². The first kappa shape index (κ1) is 37.3. The van der Waals surface area contributed by atoms with Crippen LogP contribution in [0.3, 0.4) is 0 Å². The van der Waals surface area contributed by atoms with Gasteiger partial charge in [-0.2, -0.15) is 19.0 Å². The Labute approximate surface area is 296 Å². The molecule has 4 aromatic rings.